The molecule has 42 valence electrons. The molecular weight excluding hydrogens is 221 g/mol. The summed E-state index contributed by atoms with van der Waals surface area (Å²) in [6, 6.07) is 0. The molecule has 7 heavy (non-hydrogen) atoms. The van der Waals surface area contributed by atoms with Crippen LogP contribution >= 0.6 is 0 Å². The summed E-state index contributed by atoms with van der Waals surface area (Å²) < 4.78 is 30.7. The largest absolute Gasteiger partial charge is 1.00 e. The van der Waals surface area contributed by atoms with E-state index in [1.165, 1.54) is 0 Å². The Bertz CT molecular complexity index is 60.2. The van der Waals surface area contributed by atoms with Crippen molar-refractivity contribution in [3.05, 3.63) is 0 Å². The first-order chi connectivity index (χ1) is 2.00. The molecule has 0 heterocycles. The molecule has 0 saturated heterocycles. The van der Waals surface area contributed by atoms with Crippen LogP contribution in [0.25, 0.3) is 0 Å². The molecule has 0 bridgehead atoms. The van der Waals surface area contributed by atoms with Crippen LogP contribution in [0.4, 0.5) is 0 Å². The average Bonchev–Trinajstić information content (AvgIpc) is 0.722. The summed E-state index contributed by atoms with van der Waals surface area (Å²) in [5, 5.41) is 0. The van der Waals surface area contributed by atoms with E-state index in [1.807, 2.05) is 0 Å². The van der Waals surface area contributed by atoms with Crippen LogP contribution in [0.2, 0.25) is 0 Å². The van der Waals surface area contributed by atoms with Gasteiger partial charge in [-0.2, -0.15) is 0 Å². The van der Waals surface area contributed by atoms with Gasteiger partial charge in [0.25, 0.3) is 0 Å². The molecule has 0 aliphatic carbocycles. The first-order valence-corrected chi connectivity index (χ1v) is 4.07. The van der Waals surface area contributed by atoms with E-state index in [1.54, 1.807) is 0 Å². The molecule has 7 heteroatoms. The monoisotopic (exact) mass is 228 g/mol. The summed E-state index contributed by atoms with van der Waals surface area (Å²) in [5.74, 6) is 0. The maximum absolute atomic E-state index is 8.94. The van der Waals surface area contributed by atoms with Crippen LogP contribution in [0.3, 0.4) is 0 Å². The summed E-state index contributed by atoms with van der Waals surface area (Å²) >= 11 is -5.12. The Labute approximate surface area is 68.6 Å². The third-order valence-corrected chi connectivity index (χ3v) is 0. The topological polar surface area (TPSA) is 77.8 Å². The molecule has 0 fully saturated rings. The Balaban J connectivity index is -0.0000000267. The van der Waals surface area contributed by atoms with Crippen molar-refractivity contribution in [3.8, 4) is 0 Å². The molecule has 0 aliphatic rings. The van der Waals surface area contributed by atoms with Crippen LogP contribution < -0.4 is 18.9 Å². The van der Waals surface area contributed by atoms with Crippen molar-refractivity contribution in [2.75, 3.05) is 0 Å². The van der Waals surface area contributed by atoms with E-state index in [-0.39, 0.29) is 38.2 Å². The van der Waals surface area contributed by atoms with Crippen molar-refractivity contribution in [2.45, 2.75) is 0 Å². The third kappa shape index (κ3) is 111. The SMILES string of the molecule is O=[As](O)(O)O.[AsH3].[H-].[Li+]. The van der Waals surface area contributed by atoms with Crippen molar-refractivity contribution < 1.29 is 36.3 Å². The number of hydrogen-bond donors (Lipinski definition) is 3. The van der Waals surface area contributed by atoms with Gasteiger partial charge in [0, 0.05) is 0 Å². The van der Waals surface area contributed by atoms with E-state index in [0.717, 1.165) is 0 Å². The summed E-state index contributed by atoms with van der Waals surface area (Å²) in [6.45, 7) is 0. The average molecular weight is 228 g/mol. The molecule has 0 saturated carbocycles. The zero-order valence-electron chi connectivity index (χ0n) is 4.90. The minimum atomic E-state index is -5.12. The van der Waals surface area contributed by atoms with Gasteiger partial charge in [0.1, 0.15) is 0 Å². The van der Waals surface area contributed by atoms with E-state index >= 15 is 0 Å². The van der Waals surface area contributed by atoms with Gasteiger partial charge in [-0.25, -0.2) is 0 Å². The molecule has 0 rings (SSSR count). The van der Waals surface area contributed by atoms with Gasteiger partial charge >= 0.3 is 67.4 Å². The predicted molar refractivity (Wildman–Crippen MR) is 24.1 cm³/mol. The minimum absolute atomic E-state index is 0. The molecule has 1 unspecified atom stereocenters. The molecule has 3 N–H and O–H groups in total. The standard InChI is InChI=1S/AsH3O4.AsH3.Li.H/c2-1(3,4)5;;;/h(H3,2,3,4,5);1H3;;/q;;+1;-1. The molecule has 0 amide bonds. The Kier molecular flexibility index (Phi) is 12.5. The molecule has 4 nitrogen and oxygen atoms in total. The maximum Gasteiger partial charge on any atom is 1.00 e. The fourth-order valence-corrected chi connectivity index (χ4v) is 0. The van der Waals surface area contributed by atoms with Crippen molar-refractivity contribution in [3.63, 3.8) is 0 Å². The van der Waals surface area contributed by atoms with Crippen molar-refractivity contribution in [1.29, 1.82) is 0 Å². The zero-order chi connectivity index (χ0) is 4.50. The molecule has 0 aromatic carbocycles. The molecule has 0 spiro atoms. The smallest absolute Gasteiger partial charge is 1.00 e. The first-order valence-electron chi connectivity index (χ1n) is 0.783. The normalized spacial score (nSPS) is 8.43. The molecule has 0 aromatic heterocycles. The van der Waals surface area contributed by atoms with Gasteiger partial charge in [0.2, 0.25) is 0 Å². The molecule has 0 aliphatic heterocycles. The van der Waals surface area contributed by atoms with E-state index in [9.17, 15) is 0 Å². The predicted octanol–water partition coefficient (Wildman–Crippen LogP) is -6.24. The van der Waals surface area contributed by atoms with Gasteiger partial charge in [0.05, 0.1) is 0 Å². The van der Waals surface area contributed by atoms with Crippen LogP contribution in [0.1, 0.15) is 1.43 Å². The Morgan fingerprint density at radius 3 is 1.29 bits per heavy atom. The fourth-order valence-electron chi connectivity index (χ4n) is 0. The van der Waals surface area contributed by atoms with E-state index in [4.69, 9.17) is 16.0 Å². The van der Waals surface area contributed by atoms with Gasteiger partial charge in [-0.3, -0.25) is 0 Å². The van der Waals surface area contributed by atoms with E-state index < -0.39 is 14.5 Å². The second-order valence-electron chi connectivity index (χ2n) is 0.513. The zero-order valence-corrected chi connectivity index (χ0v) is 8.75. The van der Waals surface area contributed by atoms with Gasteiger partial charge in [-0.1, -0.05) is 0 Å². The van der Waals surface area contributed by atoms with Crippen molar-refractivity contribution in [1.82, 2.24) is 0 Å². The second kappa shape index (κ2) is 5.53. The fraction of sp³-hybridized carbons (Fsp3) is 0. The number of hydrogen-bond acceptors (Lipinski definition) is 1. The van der Waals surface area contributed by atoms with Gasteiger partial charge < -0.3 is 1.43 Å². The summed E-state index contributed by atoms with van der Waals surface area (Å²) in [5.41, 5.74) is 0. The van der Waals surface area contributed by atoms with Crippen LogP contribution in [-0.4, -0.2) is 44.8 Å². The van der Waals surface area contributed by atoms with E-state index in [2.05, 4.69) is 0 Å². The summed E-state index contributed by atoms with van der Waals surface area (Å²) in [7, 11) is 0. The third-order valence-electron chi connectivity index (χ3n) is 0. The second-order valence-corrected chi connectivity index (χ2v) is 2.67. The Hall–Kier alpha value is 1.39. The van der Waals surface area contributed by atoms with E-state index in [0.29, 0.717) is 0 Å². The quantitative estimate of drug-likeness (QED) is 0.360. The minimum Gasteiger partial charge on any atom is -1.00 e. The van der Waals surface area contributed by atoms with Gasteiger partial charge in [-0.15, -0.1) is 0 Å². The van der Waals surface area contributed by atoms with Crippen LogP contribution in [0, 0.1) is 0 Å². The summed E-state index contributed by atoms with van der Waals surface area (Å²) in [6.07, 6.45) is 0. The van der Waals surface area contributed by atoms with Gasteiger partial charge in [0.15, 0.2) is 0 Å². The Morgan fingerprint density at radius 1 is 1.29 bits per heavy atom. The van der Waals surface area contributed by atoms with Gasteiger partial charge in [-0.05, 0) is 0 Å². The number of rotatable bonds is 0. The van der Waals surface area contributed by atoms with Crippen LogP contribution in [-0.2, 0) is 3.74 Å². The Morgan fingerprint density at radius 2 is 1.29 bits per heavy atom. The van der Waals surface area contributed by atoms with Crippen LogP contribution in [0.15, 0.2) is 0 Å². The molecule has 0 aromatic rings. The van der Waals surface area contributed by atoms with Crippen molar-refractivity contribution in [2.24, 2.45) is 0 Å². The molecular formula is H7As2LiO4. The summed E-state index contributed by atoms with van der Waals surface area (Å²) in [4.78, 5) is 0. The molecule has 1 atom stereocenters. The maximum atomic E-state index is 8.94. The first kappa shape index (κ1) is 15.8. The van der Waals surface area contributed by atoms with Crippen LogP contribution in [0.5, 0.6) is 0 Å². The molecule has 0 radical (unpaired) electrons. The van der Waals surface area contributed by atoms with Crippen molar-refractivity contribution >= 4 is 32.5 Å².